The molecule has 5 nitrogen and oxygen atoms in total. The lowest BCUT2D eigenvalue weighted by Crippen LogP contribution is -2.08. The predicted octanol–water partition coefficient (Wildman–Crippen LogP) is 0.322. The van der Waals surface area contributed by atoms with Crippen LogP contribution in [0.5, 0.6) is 0 Å². The van der Waals surface area contributed by atoms with E-state index >= 15 is 0 Å². The normalized spacial score (nSPS) is 8.92. The number of esters is 1. The number of hydrogen-bond acceptors (Lipinski definition) is 5. The van der Waals surface area contributed by atoms with Crippen molar-refractivity contribution in [3.8, 4) is 6.07 Å². The van der Waals surface area contributed by atoms with Crippen LogP contribution in [0.1, 0.15) is 16.1 Å². The SMILES string of the molecule is COC(=O)c1nccc(N)c1C#N. The first-order chi connectivity index (χ1) is 6.20. The van der Waals surface area contributed by atoms with Crippen LogP contribution in [0.4, 0.5) is 5.69 Å². The molecule has 0 amide bonds. The van der Waals surface area contributed by atoms with Gasteiger partial charge in [-0.2, -0.15) is 5.26 Å². The maximum absolute atomic E-state index is 11.1. The van der Waals surface area contributed by atoms with E-state index in [2.05, 4.69) is 9.72 Å². The summed E-state index contributed by atoms with van der Waals surface area (Å²) in [7, 11) is 1.22. The predicted molar refractivity (Wildman–Crippen MR) is 44.7 cm³/mol. The third kappa shape index (κ3) is 1.56. The van der Waals surface area contributed by atoms with Crippen molar-refractivity contribution in [3.05, 3.63) is 23.5 Å². The van der Waals surface area contributed by atoms with Crippen molar-refractivity contribution in [3.63, 3.8) is 0 Å². The second kappa shape index (κ2) is 3.54. The Labute approximate surface area is 74.8 Å². The van der Waals surface area contributed by atoms with Crippen LogP contribution >= 0.6 is 0 Å². The van der Waals surface area contributed by atoms with Gasteiger partial charge in [0, 0.05) is 6.20 Å². The maximum Gasteiger partial charge on any atom is 0.358 e. The molecule has 0 aliphatic rings. The van der Waals surface area contributed by atoms with E-state index in [-0.39, 0.29) is 16.9 Å². The number of carbonyl (C=O) groups is 1. The molecule has 0 radical (unpaired) electrons. The molecule has 13 heavy (non-hydrogen) atoms. The van der Waals surface area contributed by atoms with Crippen molar-refractivity contribution < 1.29 is 9.53 Å². The van der Waals surface area contributed by atoms with Crippen molar-refractivity contribution in [2.75, 3.05) is 12.8 Å². The van der Waals surface area contributed by atoms with E-state index in [0.717, 1.165) is 0 Å². The number of methoxy groups -OCH3 is 1. The Morgan fingerprint density at radius 1 is 1.77 bits per heavy atom. The molecule has 0 spiro atoms. The van der Waals surface area contributed by atoms with Crippen LogP contribution in [0.25, 0.3) is 0 Å². The molecule has 5 heteroatoms. The van der Waals surface area contributed by atoms with Crippen molar-refractivity contribution >= 4 is 11.7 Å². The molecule has 2 N–H and O–H groups in total. The summed E-state index contributed by atoms with van der Waals surface area (Å²) in [6.45, 7) is 0. The number of nitrogens with zero attached hydrogens (tertiary/aromatic N) is 2. The van der Waals surface area contributed by atoms with E-state index in [0.29, 0.717) is 0 Å². The highest BCUT2D eigenvalue weighted by atomic mass is 16.5. The van der Waals surface area contributed by atoms with Gasteiger partial charge in [0.15, 0.2) is 5.69 Å². The molecule has 0 aliphatic carbocycles. The third-order valence-corrected chi connectivity index (χ3v) is 1.47. The molecule has 1 heterocycles. The molecule has 66 valence electrons. The molecule has 0 unspecified atom stereocenters. The minimum absolute atomic E-state index is 0.0503. The van der Waals surface area contributed by atoms with Crippen molar-refractivity contribution in [1.82, 2.24) is 4.98 Å². The largest absolute Gasteiger partial charge is 0.464 e. The fraction of sp³-hybridized carbons (Fsp3) is 0.125. The Morgan fingerprint density at radius 2 is 2.46 bits per heavy atom. The first-order valence-electron chi connectivity index (χ1n) is 3.43. The summed E-state index contributed by atoms with van der Waals surface area (Å²) in [5.41, 5.74) is 5.67. The number of ether oxygens (including phenoxy) is 1. The zero-order chi connectivity index (χ0) is 9.84. The van der Waals surface area contributed by atoms with Gasteiger partial charge in [0.1, 0.15) is 11.6 Å². The Bertz CT molecular complexity index is 381. The van der Waals surface area contributed by atoms with Gasteiger partial charge in [-0.3, -0.25) is 0 Å². The Balaban J connectivity index is 3.30. The smallest absolute Gasteiger partial charge is 0.358 e. The fourth-order valence-electron chi connectivity index (χ4n) is 0.846. The molecular formula is C8H7N3O2. The van der Waals surface area contributed by atoms with Gasteiger partial charge < -0.3 is 10.5 Å². The second-order valence-electron chi connectivity index (χ2n) is 2.23. The minimum atomic E-state index is -0.663. The van der Waals surface area contributed by atoms with E-state index in [9.17, 15) is 4.79 Å². The van der Waals surface area contributed by atoms with Gasteiger partial charge in [0.25, 0.3) is 0 Å². The molecule has 0 fully saturated rings. The monoisotopic (exact) mass is 177 g/mol. The average molecular weight is 177 g/mol. The van der Waals surface area contributed by atoms with Crippen LogP contribution < -0.4 is 5.73 Å². The van der Waals surface area contributed by atoms with Gasteiger partial charge >= 0.3 is 5.97 Å². The highest BCUT2D eigenvalue weighted by Crippen LogP contribution is 2.13. The lowest BCUT2D eigenvalue weighted by atomic mass is 10.2. The zero-order valence-corrected chi connectivity index (χ0v) is 6.94. The topological polar surface area (TPSA) is 89.0 Å². The van der Waals surface area contributed by atoms with E-state index in [1.165, 1.54) is 19.4 Å². The van der Waals surface area contributed by atoms with Gasteiger partial charge in [0.2, 0.25) is 0 Å². The maximum atomic E-state index is 11.1. The lowest BCUT2D eigenvalue weighted by Gasteiger charge is -2.01. The van der Waals surface area contributed by atoms with Crippen LogP contribution in [0.15, 0.2) is 12.3 Å². The third-order valence-electron chi connectivity index (χ3n) is 1.47. The second-order valence-corrected chi connectivity index (χ2v) is 2.23. The highest BCUT2D eigenvalue weighted by molar-refractivity contribution is 5.91. The van der Waals surface area contributed by atoms with Gasteiger partial charge in [-0.15, -0.1) is 0 Å². The Kier molecular flexibility index (Phi) is 2.45. The molecular weight excluding hydrogens is 170 g/mol. The van der Waals surface area contributed by atoms with Gasteiger partial charge in [-0.25, -0.2) is 9.78 Å². The number of carbonyl (C=O) groups excluding carboxylic acids is 1. The molecule has 0 aliphatic heterocycles. The van der Waals surface area contributed by atoms with Crippen LogP contribution in [-0.2, 0) is 4.74 Å². The van der Waals surface area contributed by atoms with E-state index in [4.69, 9.17) is 11.0 Å². The molecule has 0 saturated carbocycles. The average Bonchev–Trinajstić information content (AvgIpc) is 2.16. The molecule has 0 aromatic carbocycles. The van der Waals surface area contributed by atoms with E-state index < -0.39 is 5.97 Å². The first kappa shape index (κ1) is 9.00. The summed E-state index contributed by atoms with van der Waals surface area (Å²) in [4.78, 5) is 14.8. The van der Waals surface area contributed by atoms with Gasteiger partial charge in [0.05, 0.1) is 12.8 Å². The number of nitriles is 1. The summed E-state index contributed by atoms with van der Waals surface area (Å²) < 4.78 is 4.43. The van der Waals surface area contributed by atoms with Gasteiger partial charge in [-0.05, 0) is 6.07 Å². The molecule has 0 saturated heterocycles. The van der Waals surface area contributed by atoms with Crippen LogP contribution in [0.2, 0.25) is 0 Å². The summed E-state index contributed by atoms with van der Waals surface area (Å²) in [5.74, 6) is -0.663. The number of rotatable bonds is 1. The fourth-order valence-corrected chi connectivity index (χ4v) is 0.846. The Morgan fingerprint density at radius 3 is 3.00 bits per heavy atom. The highest BCUT2D eigenvalue weighted by Gasteiger charge is 2.15. The van der Waals surface area contributed by atoms with Crippen LogP contribution in [0.3, 0.4) is 0 Å². The molecule has 0 bridgehead atoms. The number of nitrogen functional groups attached to an aromatic ring is 1. The lowest BCUT2D eigenvalue weighted by molar-refractivity contribution is 0.0593. The molecule has 0 atom stereocenters. The van der Waals surface area contributed by atoms with Gasteiger partial charge in [-0.1, -0.05) is 0 Å². The summed E-state index contributed by atoms with van der Waals surface area (Å²) in [5, 5.41) is 8.67. The summed E-state index contributed by atoms with van der Waals surface area (Å²) in [6.07, 6.45) is 1.35. The number of anilines is 1. The van der Waals surface area contributed by atoms with E-state index in [1.54, 1.807) is 6.07 Å². The summed E-state index contributed by atoms with van der Waals surface area (Å²) in [6, 6.07) is 3.24. The van der Waals surface area contributed by atoms with E-state index in [1.807, 2.05) is 0 Å². The number of nitrogens with two attached hydrogens (primary N) is 1. The zero-order valence-electron chi connectivity index (χ0n) is 6.94. The number of hydrogen-bond donors (Lipinski definition) is 1. The molecule has 1 rings (SSSR count). The standard InChI is InChI=1S/C8H7N3O2/c1-13-8(12)7-5(4-9)6(10)2-3-11-7/h2-3H,1H3,(H2,10,11). The van der Waals surface area contributed by atoms with Crippen LogP contribution in [-0.4, -0.2) is 18.1 Å². The van der Waals surface area contributed by atoms with Crippen molar-refractivity contribution in [2.24, 2.45) is 0 Å². The molecule has 1 aromatic heterocycles. The number of pyridine rings is 1. The first-order valence-corrected chi connectivity index (χ1v) is 3.43. The Hall–Kier alpha value is -2.09. The minimum Gasteiger partial charge on any atom is -0.464 e. The summed E-state index contributed by atoms with van der Waals surface area (Å²) >= 11 is 0. The quantitative estimate of drug-likeness (QED) is 0.624. The number of aromatic nitrogens is 1. The van der Waals surface area contributed by atoms with Crippen molar-refractivity contribution in [1.29, 1.82) is 5.26 Å². The van der Waals surface area contributed by atoms with Crippen molar-refractivity contribution in [2.45, 2.75) is 0 Å². The van der Waals surface area contributed by atoms with Crippen LogP contribution in [0, 0.1) is 11.3 Å². The molecule has 1 aromatic rings.